The predicted octanol–water partition coefficient (Wildman–Crippen LogP) is 4.07. The average molecular weight is 454 g/mol. The number of anilines is 2. The lowest BCUT2D eigenvalue weighted by Crippen LogP contribution is -2.44. The largest absolute Gasteiger partial charge is 0.359 e. The van der Waals surface area contributed by atoms with Crippen molar-refractivity contribution in [2.24, 2.45) is 0 Å². The van der Waals surface area contributed by atoms with Crippen molar-refractivity contribution < 1.29 is 14.0 Å². The van der Waals surface area contributed by atoms with Gasteiger partial charge in [0, 0.05) is 19.2 Å². The van der Waals surface area contributed by atoms with Crippen LogP contribution >= 0.6 is 12.2 Å². The lowest BCUT2D eigenvalue weighted by atomic mass is 10.0. The molecule has 1 aliphatic heterocycles. The highest BCUT2D eigenvalue weighted by atomic mass is 32.1. The number of aryl methyl sites for hydroxylation is 1. The average Bonchev–Trinajstić information content (AvgIpc) is 2.94. The highest BCUT2D eigenvalue weighted by Gasteiger charge is 2.51. The van der Waals surface area contributed by atoms with Crippen molar-refractivity contribution in [2.75, 3.05) is 16.8 Å². The van der Waals surface area contributed by atoms with Gasteiger partial charge in [0.25, 0.3) is 5.91 Å². The smallest absolute Gasteiger partial charge is 0.259 e. The number of pyridine rings is 1. The zero-order valence-corrected chi connectivity index (χ0v) is 19.2. The summed E-state index contributed by atoms with van der Waals surface area (Å²) in [5.41, 5.74) is 0.765. The third-order valence-corrected chi connectivity index (χ3v) is 5.91. The van der Waals surface area contributed by atoms with Crippen molar-refractivity contribution in [3.63, 3.8) is 0 Å². The Kier molecular flexibility index (Phi) is 6.55. The summed E-state index contributed by atoms with van der Waals surface area (Å²) in [4.78, 5) is 35.2. The molecule has 1 fully saturated rings. The van der Waals surface area contributed by atoms with Crippen molar-refractivity contribution in [2.45, 2.75) is 45.6 Å². The molecule has 0 spiro atoms. The molecule has 0 aliphatic carbocycles. The Balaban J connectivity index is 1.88. The van der Waals surface area contributed by atoms with E-state index < -0.39 is 11.4 Å². The van der Waals surface area contributed by atoms with E-state index in [1.165, 1.54) is 24.0 Å². The molecular formula is C23H24FN5O2S. The van der Waals surface area contributed by atoms with Crippen LogP contribution in [-0.4, -0.2) is 34.5 Å². The summed E-state index contributed by atoms with van der Waals surface area (Å²) < 4.78 is 15.0. The quantitative estimate of drug-likeness (QED) is 0.528. The lowest BCUT2D eigenvalue weighted by Gasteiger charge is -2.29. The van der Waals surface area contributed by atoms with Crippen molar-refractivity contribution in [3.8, 4) is 0 Å². The van der Waals surface area contributed by atoms with Gasteiger partial charge in [-0.05, 0) is 69.6 Å². The van der Waals surface area contributed by atoms with Crippen LogP contribution in [0, 0.1) is 19.3 Å². The van der Waals surface area contributed by atoms with E-state index in [0.29, 0.717) is 24.9 Å². The summed E-state index contributed by atoms with van der Waals surface area (Å²) in [6.45, 7) is 12.1. The molecule has 0 unspecified atom stereocenters. The second kappa shape index (κ2) is 9.01. The molecule has 7 nitrogen and oxygen atoms in total. The van der Waals surface area contributed by atoms with Gasteiger partial charge in [0.15, 0.2) is 10.8 Å². The van der Waals surface area contributed by atoms with Gasteiger partial charge in [0.1, 0.15) is 11.4 Å². The van der Waals surface area contributed by atoms with Crippen molar-refractivity contribution in [1.82, 2.24) is 10.3 Å². The topological polar surface area (TPSA) is 69.9 Å². The second-order valence-corrected chi connectivity index (χ2v) is 8.37. The third kappa shape index (κ3) is 4.06. The number of nitrogens with zero attached hydrogens (tertiary/aromatic N) is 4. The number of halogens is 1. The number of hydrogen-bond donors (Lipinski definition) is 1. The Morgan fingerprint density at radius 3 is 2.62 bits per heavy atom. The van der Waals surface area contributed by atoms with Crippen LogP contribution in [-0.2, 0) is 16.0 Å². The molecule has 1 aliphatic rings. The Hall–Kier alpha value is -3.38. The Labute approximate surface area is 192 Å². The van der Waals surface area contributed by atoms with Crippen molar-refractivity contribution in [3.05, 3.63) is 59.0 Å². The van der Waals surface area contributed by atoms with Crippen LogP contribution in [0.4, 0.5) is 21.5 Å². The van der Waals surface area contributed by atoms with Gasteiger partial charge in [-0.1, -0.05) is 6.07 Å². The fourth-order valence-electron chi connectivity index (χ4n) is 3.65. The van der Waals surface area contributed by atoms with Gasteiger partial charge >= 0.3 is 0 Å². The molecule has 32 heavy (non-hydrogen) atoms. The number of thiocarbonyl (C=S) groups is 1. The fraction of sp³-hybridized carbons (Fsp3) is 0.348. The number of benzene rings is 1. The van der Waals surface area contributed by atoms with E-state index in [9.17, 15) is 9.59 Å². The van der Waals surface area contributed by atoms with Crippen molar-refractivity contribution >= 4 is 46.2 Å². The Morgan fingerprint density at radius 2 is 2.03 bits per heavy atom. The van der Waals surface area contributed by atoms with Crippen molar-refractivity contribution in [1.29, 1.82) is 0 Å². The highest BCUT2D eigenvalue weighted by molar-refractivity contribution is 7.81. The summed E-state index contributed by atoms with van der Waals surface area (Å²) in [6, 6.07) is 6.55. The number of amides is 2. The molecule has 2 amide bonds. The molecule has 2 heterocycles. The number of rotatable bonds is 6. The highest BCUT2D eigenvalue weighted by Crippen LogP contribution is 2.38. The van der Waals surface area contributed by atoms with Crippen LogP contribution in [0.3, 0.4) is 0 Å². The molecule has 1 aromatic carbocycles. The first-order valence-corrected chi connectivity index (χ1v) is 10.5. The maximum absolute atomic E-state index is 15.0. The number of carbonyl (C=O) groups excluding carboxylic acids is 2. The molecule has 1 N–H and O–H groups in total. The zero-order valence-electron chi connectivity index (χ0n) is 18.4. The van der Waals surface area contributed by atoms with E-state index in [0.717, 1.165) is 5.69 Å². The lowest BCUT2D eigenvalue weighted by molar-refractivity contribution is -0.121. The summed E-state index contributed by atoms with van der Waals surface area (Å²) in [5, 5.41) is 2.73. The minimum Gasteiger partial charge on any atom is -0.359 e. The zero-order chi connectivity index (χ0) is 23.6. The predicted molar refractivity (Wildman–Crippen MR) is 125 cm³/mol. The van der Waals surface area contributed by atoms with Crippen LogP contribution in [0.15, 0.2) is 30.5 Å². The van der Waals surface area contributed by atoms with E-state index in [-0.39, 0.29) is 33.9 Å². The van der Waals surface area contributed by atoms with E-state index in [1.54, 1.807) is 32.0 Å². The first-order valence-electron chi connectivity index (χ1n) is 10.1. The first-order chi connectivity index (χ1) is 15.1. The van der Waals surface area contributed by atoms with Gasteiger partial charge in [0.05, 0.1) is 24.1 Å². The van der Waals surface area contributed by atoms with E-state index >= 15 is 4.39 Å². The van der Waals surface area contributed by atoms with E-state index in [2.05, 4.69) is 15.1 Å². The first kappa shape index (κ1) is 23.3. The van der Waals surface area contributed by atoms with E-state index in [1.807, 2.05) is 12.1 Å². The minimum absolute atomic E-state index is 0.0173. The van der Waals surface area contributed by atoms with Crippen LogP contribution in [0.2, 0.25) is 0 Å². The number of carbonyl (C=O) groups is 2. The summed E-state index contributed by atoms with van der Waals surface area (Å²) in [7, 11) is 1.60. The molecule has 0 atom stereocenters. The molecule has 1 saturated heterocycles. The van der Waals surface area contributed by atoms with Gasteiger partial charge in [-0.15, -0.1) is 0 Å². The van der Waals surface area contributed by atoms with Gasteiger partial charge in [-0.2, -0.15) is 0 Å². The molecule has 166 valence electrons. The third-order valence-electron chi connectivity index (χ3n) is 5.55. The number of hydrogen-bond acceptors (Lipinski definition) is 4. The van der Waals surface area contributed by atoms with Crippen LogP contribution in [0.1, 0.15) is 37.9 Å². The Morgan fingerprint density at radius 1 is 1.31 bits per heavy atom. The molecule has 2 aromatic rings. The number of nitrogens with one attached hydrogen (secondary N) is 1. The van der Waals surface area contributed by atoms with Crippen LogP contribution in [0.25, 0.3) is 4.85 Å². The summed E-state index contributed by atoms with van der Waals surface area (Å²) in [5.74, 6) is -1.03. The molecule has 1 aromatic heterocycles. The molecular weight excluding hydrogens is 429 g/mol. The SMILES string of the molecule is [C-]#[N+]c1ccc(N2C(=O)C(C)(C)N(c3ccc(CCCC(=O)NC)nc3)C2=S)c(F)c1C. The van der Waals surface area contributed by atoms with Crippen LogP contribution < -0.4 is 15.1 Å². The molecule has 0 radical (unpaired) electrons. The maximum atomic E-state index is 15.0. The maximum Gasteiger partial charge on any atom is 0.259 e. The normalized spacial score (nSPS) is 15.1. The monoisotopic (exact) mass is 453 g/mol. The molecule has 9 heteroatoms. The summed E-state index contributed by atoms with van der Waals surface area (Å²) >= 11 is 5.59. The van der Waals surface area contributed by atoms with E-state index in [4.69, 9.17) is 18.8 Å². The van der Waals surface area contributed by atoms with Gasteiger partial charge < -0.3 is 10.2 Å². The van der Waals surface area contributed by atoms with Gasteiger partial charge in [0.2, 0.25) is 5.91 Å². The fourth-order valence-corrected chi connectivity index (χ4v) is 4.16. The number of aromatic nitrogens is 1. The molecule has 3 rings (SSSR count). The molecule has 0 saturated carbocycles. The molecule has 0 bridgehead atoms. The standard InChI is InChI=1S/C23H24FN5O2S/c1-14-17(25-4)11-12-18(20(14)24)28-21(31)23(2,3)29(22(28)32)16-10-9-15(27-13-16)7-6-8-19(30)26-5/h9-13H,6-8H2,1-3,5H3,(H,26,30). The Bertz CT molecular complexity index is 1120. The minimum atomic E-state index is -1.06. The van der Waals surface area contributed by atoms with Gasteiger partial charge in [-0.25, -0.2) is 9.24 Å². The van der Waals surface area contributed by atoms with Gasteiger partial charge in [-0.3, -0.25) is 19.5 Å². The second-order valence-electron chi connectivity index (χ2n) is 8.01. The summed E-state index contributed by atoms with van der Waals surface area (Å²) in [6.07, 6.45) is 3.36. The van der Waals surface area contributed by atoms with Crippen LogP contribution in [0.5, 0.6) is 0 Å².